The molecule has 36 heavy (non-hydrogen) atoms. The summed E-state index contributed by atoms with van der Waals surface area (Å²) in [6, 6.07) is 12.9. The molecule has 12 heteroatoms. The molecule has 5 rings (SSSR count). The van der Waals surface area contributed by atoms with Crippen LogP contribution in [0.4, 0.5) is 13.2 Å². The quantitative estimate of drug-likeness (QED) is 0.363. The van der Waals surface area contributed by atoms with E-state index in [4.69, 9.17) is 9.47 Å². The van der Waals surface area contributed by atoms with Crippen LogP contribution in [0.1, 0.15) is 5.82 Å². The number of fused-ring (bicyclic) bond motifs is 2. The zero-order valence-electron chi connectivity index (χ0n) is 18.9. The highest BCUT2D eigenvalue weighted by Gasteiger charge is 2.36. The molecular formula is C24H18F3N5O4. The van der Waals surface area contributed by atoms with E-state index in [0.29, 0.717) is 22.6 Å². The van der Waals surface area contributed by atoms with Gasteiger partial charge in [-0.25, -0.2) is 9.97 Å². The third kappa shape index (κ3) is 4.87. The van der Waals surface area contributed by atoms with Gasteiger partial charge >= 0.3 is 6.18 Å². The van der Waals surface area contributed by atoms with Crippen molar-refractivity contribution in [1.82, 2.24) is 24.9 Å². The summed E-state index contributed by atoms with van der Waals surface area (Å²) in [5, 5.41) is 20.3. The van der Waals surface area contributed by atoms with Crippen LogP contribution < -0.4 is 9.47 Å². The van der Waals surface area contributed by atoms with E-state index in [1.807, 2.05) is 6.07 Å². The van der Waals surface area contributed by atoms with Crippen molar-refractivity contribution in [2.45, 2.75) is 6.18 Å². The number of rotatable bonds is 3. The van der Waals surface area contributed by atoms with Gasteiger partial charge in [0.2, 0.25) is 17.6 Å². The van der Waals surface area contributed by atoms with Crippen LogP contribution in [0.25, 0.3) is 33.2 Å². The number of methoxy groups -OCH3 is 2. The van der Waals surface area contributed by atoms with Gasteiger partial charge < -0.3 is 19.7 Å². The second-order valence-electron chi connectivity index (χ2n) is 7.19. The highest BCUT2D eigenvalue weighted by atomic mass is 19.4. The van der Waals surface area contributed by atoms with E-state index in [9.17, 15) is 23.4 Å². The largest absolute Gasteiger partial charge is 0.506 e. The molecule has 0 saturated heterocycles. The summed E-state index contributed by atoms with van der Waals surface area (Å²) in [6.07, 6.45) is -1.36. The summed E-state index contributed by atoms with van der Waals surface area (Å²) in [4.78, 5) is 19.3. The predicted molar refractivity (Wildman–Crippen MR) is 124 cm³/mol. The lowest BCUT2D eigenvalue weighted by Crippen LogP contribution is -2.12. The first kappa shape index (κ1) is 24.4. The average Bonchev–Trinajstić information content (AvgIpc) is 2.88. The monoisotopic (exact) mass is 497 g/mol. The molecular weight excluding hydrogens is 479 g/mol. The molecule has 3 heterocycles. The Morgan fingerprint density at radius 1 is 0.694 bits per heavy atom. The second kappa shape index (κ2) is 9.86. The Hall–Kier alpha value is -4.74. The highest BCUT2D eigenvalue weighted by molar-refractivity contribution is 5.90. The smallest absolute Gasteiger partial charge is 0.451 e. The summed E-state index contributed by atoms with van der Waals surface area (Å²) in [5.41, 5.74) is 1.10. The van der Waals surface area contributed by atoms with Gasteiger partial charge in [0.25, 0.3) is 0 Å². The number of phenolic OH excluding ortho intramolecular Hbond substituents is 2. The lowest BCUT2D eigenvalue weighted by Gasteiger charge is -2.09. The van der Waals surface area contributed by atoms with Crippen LogP contribution in [0, 0.1) is 0 Å². The number of aromatic hydroxyl groups is 2. The number of pyridine rings is 1. The van der Waals surface area contributed by atoms with E-state index in [-0.39, 0.29) is 28.3 Å². The molecule has 0 unspecified atom stereocenters. The minimum absolute atomic E-state index is 0.105. The van der Waals surface area contributed by atoms with Gasteiger partial charge in [0.05, 0.1) is 25.0 Å². The van der Waals surface area contributed by atoms with E-state index in [1.54, 1.807) is 43.8 Å². The van der Waals surface area contributed by atoms with Crippen molar-refractivity contribution in [3.05, 3.63) is 66.7 Å². The molecule has 0 radical (unpaired) electrons. The maximum Gasteiger partial charge on any atom is 0.451 e. The zero-order chi connectivity index (χ0) is 25.9. The molecule has 0 bridgehead atoms. The molecule has 0 spiro atoms. The third-order valence-electron chi connectivity index (χ3n) is 4.92. The molecule has 0 aliphatic heterocycles. The van der Waals surface area contributed by atoms with Crippen molar-refractivity contribution < 1.29 is 32.9 Å². The second-order valence-corrected chi connectivity index (χ2v) is 7.19. The van der Waals surface area contributed by atoms with Crippen LogP contribution >= 0.6 is 0 Å². The van der Waals surface area contributed by atoms with Crippen LogP contribution in [0.5, 0.6) is 23.3 Å². The van der Waals surface area contributed by atoms with Gasteiger partial charge in [-0.1, -0.05) is 12.1 Å². The topological polar surface area (TPSA) is 123 Å². The molecule has 9 nitrogen and oxygen atoms in total. The maximum absolute atomic E-state index is 12.5. The van der Waals surface area contributed by atoms with Crippen LogP contribution in [0.3, 0.4) is 0 Å². The Bertz CT molecular complexity index is 1530. The minimum Gasteiger partial charge on any atom is -0.506 e. The molecule has 0 atom stereocenters. The van der Waals surface area contributed by atoms with Crippen LogP contribution in [-0.2, 0) is 6.18 Å². The fourth-order valence-corrected chi connectivity index (χ4v) is 3.29. The summed E-state index contributed by atoms with van der Waals surface area (Å²) >= 11 is 0. The molecule has 0 amide bonds. The molecule has 2 aromatic carbocycles. The Morgan fingerprint density at radius 3 is 1.75 bits per heavy atom. The standard InChI is InChI=1S/C14H11N3O2.C10H7F3N2O2/c1-19-14-10-3-2-4-11(18)12(10)16-13(17-14)9-5-7-15-8-6-9;1-17-8-5-3-2-4-6(16)7(5)14-9(15-8)10(11,12)13/h2-8,18H,1H3;2-4,16H,1H3. The number of aromatic nitrogens is 5. The van der Waals surface area contributed by atoms with Crippen molar-refractivity contribution >= 4 is 21.8 Å². The first-order valence-corrected chi connectivity index (χ1v) is 10.3. The number of benzene rings is 2. The summed E-state index contributed by atoms with van der Waals surface area (Å²) in [6.45, 7) is 0. The molecule has 5 aromatic rings. The van der Waals surface area contributed by atoms with Crippen LogP contribution in [0.2, 0.25) is 0 Å². The van der Waals surface area contributed by atoms with Crippen molar-refractivity contribution in [2.75, 3.05) is 14.2 Å². The number of hydrogen-bond donors (Lipinski definition) is 2. The predicted octanol–water partition coefficient (Wildman–Crippen LogP) is 4.77. The van der Waals surface area contributed by atoms with Gasteiger partial charge in [-0.3, -0.25) is 4.98 Å². The lowest BCUT2D eigenvalue weighted by molar-refractivity contribution is -0.144. The van der Waals surface area contributed by atoms with E-state index in [1.165, 1.54) is 25.3 Å². The van der Waals surface area contributed by atoms with Gasteiger partial charge in [-0.05, 0) is 36.4 Å². The minimum atomic E-state index is -4.69. The molecule has 0 saturated carbocycles. The summed E-state index contributed by atoms with van der Waals surface area (Å²) in [5.74, 6) is -0.884. The highest BCUT2D eigenvalue weighted by Crippen LogP contribution is 2.34. The van der Waals surface area contributed by atoms with Gasteiger partial charge in [0.15, 0.2) is 5.82 Å². The van der Waals surface area contributed by atoms with Crippen molar-refractivity contribution in [3.8, 4) is 34.6 Å². The first-order valence-electron chi connectivity index (χ1n) is 10.3. The van der Waals surface area contributed by atoms with Crippen LogP contribution in [0.15, 0.2) is 60.9 Å². The van der Waals surface area contributed by atoms with Gasteiger partial charge in [0.1, 0.15) is 22.5 Å². The fraction of sp³-hybridized carbons (Fsp3) is 0.125. The van der Waals surface area contributed by atoms with Crippen molar-refractivity contribution in [2.24, 2.45) is 0 Å². The summed E-state index contributed by atoms with van der Waals surface area (Å²) in [7, 11) is 2.74. The maximum atomic E-state index is 12.5. The van der Waals surface area contributed by atoms with Crippen LogP contribution in [-0.4, -0.2) is 49.4 Å². The molecule has 3 aromatic heterocycles. The zero-order valence-corrected chi connectivity index (χ0v) is 18.9. The molecule has 2 N–H and O–H groups in total. The Balaban J connectivity index is 0.000000170. The van der Waals surface area contributed by atoms with Gasteiger partial charge in [-0.2, -0.15) is 23.1 Å². The fourth-order valence-electron chi connectivity index (χ4n) is 3.29. The number of phenols is 2. The van der Waals surface area contributed by atoms with Crippen molar-refractivity contribution in [3.63, 3.8) is 0 Å². The molecule has 184 valence electrons. The number of hydrogen-bond acceptors (Lipinski definition) is 9. The van der Waals surface area contributed by atoms with E-state index in [2.05, 4.69) is 24.9 Å². The molecule has 0 aliphatic rings. The lowest BCUT2D eigenvalue weighted by atomic mass is 10.2. The Labute approximate surface area is 201 Å². The molecule has 0 fully saturated rings. The van der Waals surface area contributed by atoms with Gasteiger partial charge in [-0.15, -0.1) is 0 Å². The third-order valence-corrected chi connectivity index (χ3v) is 4.92. The molecule has 0 aliphatic carbocycles. The normalized spacial score (nSPS) is 11.1. The number of para-hydroxylation sites is 2. The van der Waals surface area contributed by atoms with E-state index < -0.39 is 12.0 Å². The average molecular weight is 497 g/mol. The SMILES string of the molecule is COc1nc(-c2ccncc2)nc2c(O)cccc12.COc1nc(C(F)(F)F)nc2c(O)cccc12. The summed E-state index contributed by atoms with van der Waals surface area (Å²) < 4.78 is 47.5. The number of halogens is 3. The van der Waals surface area contributed by atoms with E-state index in [0.717, 1.165) is 5.56 Å². The number of alkyl halides is 3. The number of nitrogens with zero attached hydrogens (tertiary/aromatic N) is 5. The van der Waals surface area contributed by atoms with Crippen molar-refractivity contribution in [1.29, 1.82) is 0 Å². The Kier molecular flexibility index (Phi) is 6.68. The van der Waals surface area contributed by atoms with E-state index >= 15 is 0 Å². The Morgan fingerprint density at radius 2 is 1.22 bits per heavy atom. The number of ether oxygens (including phenoxy) is 2. The first-order chi connectivity index (χ1) is 17.2. The van der Waals surface area contributed by atoms with Gasteiger partial charge in [0, 0.05) is 18.0 Å².